The maximum absolute atomic E-state index is 13.6. The van der Waals surface area contributed by atoms with Gasteiger partial charge in [-0.25, -0.2) is 13.8 Å². The van der Waals surface area contributed by atoms with Gasteiger partial charge in [-0.15, -0.1) is 0 Å². The standard InChI is InChI=1S/C13H16F2N4/c1-19-5-4-17-13(19)8-11(18-16)6-9-2-3-10(14)7-12(9)15/h2-5,7,11,18H,6,8,16H2,1H3. The molecule has 0 fully saturated rings. The summed E-state index contributed by atoms with van der Waals surface area (Å²) in [7, 11) is 1.88. The largest absolute Gasteiger partial charge is 0.338 e. The summed E-state index contributed by atoms with van der Waals surface area (Å²) in [6.07, 6.45) is 4.47. The first-order valence-corrected chi connectivity index (χ1v) is 5.96. The number of imidazole rings is 1. The molecule has 2 aromatic rings. The topological polar surface area (TPSA) is 55.9 Å². The smallest absolute Gasteiger partial charge is 0.129 e. The van der Waals surface area contributed by atoms with Gasteiger partial charge in [0.05, 0.1) is 0 Å². The van der Waals surface area contributed by atoms with E-state index in [1.807, 2.05) is 17.8 Å². The van der Waals surface area contributed by atoms with Crippen molar-refractivity contribution in [3.05, 3.63) is 53.6 Å². The summed E-state index contributed by atoms with van der Waals surface area (Å²) >= 11 is 0. The lowest BCUT2D eigenvalue weighted by Gasteiger charge is -2.16. The average Bonchev–Trinajstić information content (AvgIpc) is 2.77. The van der Waals surface area contributed by atoms with Gasteiger partial charge in [0.25, 0.3) is 0 Å². The first-order valence-electron chi connectivity index (χ1n) is 5.96. The number of benzene rings is 1. The predicted molar refractivity (Wildman–Crippen MR) is 68.1 cm³/mol. The molecule has 0 radical (unpaired) electrons. The van der Waals surface area contributed by atoms with Crippen LogP contribution in [0.5, 0.6) is 0 Å². The molecule has 1 atom stereocenters. The van der Waals surface area contributed by atoms with Gasteiger partial charge in [0.2, 0.25) is 0 Å². The van der Waals surface area contributed by atoms with Crippen molar-refractivity contribution in [3.8, 4) is 0 Å². The number of hydrazine groups is 1. The van der Waals surface area contributed by atoms with E-state index >= 15 is 0 Å². The molecule has 6 heteroatoms. The maximum Gasteiger partial charge on any atom is 0.129 e. The van der Waals surface area contributed by atoms with E-state index in [2.05, 4.69) is 10.4 Å². The van der Waals surface area contributed by atoms with Crippen molar-refractivity contribution in [2.75, 3.05) is 0 Å². The Kier molecular flexibility index (Phi) is 4.24. The monoisotopic (exact) mass is 266 g/mol. The molecule has 19 heavy (non-hydrogen) atoms. The first kappa shape index (κ1) is 13.6. The Labute approximate surface area is 110 Å². The van der Waals surface area contributed by atoms with E-state index in [-0.39, 0.29) is 6.04 Å². The van der Waals surface area contributed by atoms with Crippen molar-refractivity contribution in [1.29, 1.82) is 0 Å². The Morgan fingerprint density at radius 3 is 2.74 bits per heavy atom. The minimum atomic E-state index is -0.581. The van der Waals surface area contributed by atoms with Gasteiger partial charge in [-0.2, -0.15) is 0 Å². The summed E-state index contributed by atoms with van der Waals surface area (Å²) in [6.45, 7) is 0. The number of hydrogen-bond acceptors (Lipinski definition) is 3. The van der Waals surface area contributed by atoms with Crippen molar-refractivity contribution < 1.29 is 8.78 Å². The summed E-state index contributed by atoms with van der Waals surface area (Å²) < 4.78 is 28.3. The van der Waals surface area contributed by atoms with E-state index < -0.39 is 11.6 Å². The Morgan fingerprint density at radius 2 is 2.16 bits per heavy atom. The van der Waals surface area contributed by atoms with E-state index in [0.29, 0.717) is 18.4 Å². The minimum absolute atomic E-state index is 0.166. The fourth-order valence-corrected chi connectivity index (χ4v) is 1.96. The molecule has 4 nitrogen and oxygen atoms in total. The van der Waals surface area contributed by atoms with E-state index in [0.717, 1.165) is 11.9 Å². The third kappa shape index (κ3) is 3.36. The van der Waals surface area contributed by atoms with Crippen molar-refractivity contribution in [1.82, 2.24) is 15.0 Å². The van der Waals surface area contributed by atoms with Crippen LogP contribution in [-0.2, 0) is 19.9 Å². The number of aromatic nitrogens is 2. The van der Waals surface area contributed by atoms with E-state index in [1.54, 1.807) is 6.20 Å². The quantitative estimate of drug-likeness (QED) is 0.634. The molecule has 3 N–H and O–H groups in total. The van der Waals surface area contributed by atoms with Gasteiger partial charge in [0.1, 0.15) is 17.5 Å². The maximum atomic E-state index is 13.6. The minimum Gasteiger partial charge on any atom is -0.338 e. The normalized spacial score (nSPS) is 12.6. The molecule has 0 aliphatic rings. The summed E-state index contributed by atoms with van der Waals surface area (Å²) in [5.74, 6) is 5.20. The second kappa shape index (κ2) is 5.90. The van der Waals surface area contributed by atoms with Gasteiger partial charge in [0.15, 0.2) is 0 Å². The van der Waals surface area contributed by atoms with Gasteiger partial charge < -0.3 is 4.57 Å². The summed E-state index contributed by atoms with van der Waals surface area (Å²) in [6, 6.07) is 3.39. The molecule has 1 aromatic heterocycles. The second-order valence-electron chi connectivity index (χ2n) is 4.46. The molecule has 1 aromatic carbocycles. The molecule has 0 amide bonds. The lowest BCUT2D eigenvalue weighted by atomic mass is 10.0. The predicted octanol–water partition coefficient (Wildman–Crippen LogP) is 1.32. The average molecular weight is 266 g/mol. The van der Waals surface area contributed by atoms with Crippen molar-refractivity contribution >= 4 is 0 Å². The number of nitrogens with two attached hydrogens (primary N) is 1. The van der Waals surface area contributed by atoms with Gasteiger partial charge >= 0.3 is 0 Å². The second-order valence-corrected chi connectivity index (χ2v) is 4.46. The lowest BCUT2D eigenvalue weighted by molar-refractivity contribution is 0.489. The molecule has 0 saturated heterocycles. The number of aryl methyl sites for hydroxylation is 1. The molecule has 102 valence electrons. The van der Waals surface area contributed by atoms with Crippen LogP contribution in [-0.4, -0.2) is 15.6 Å². The van der Waals surface area contributed by atoms with Gasteiger partial charge in [-0.1, -0.05) is 6.07 Å². The van der Waals surface area contributed by atoms with Crippen LogP contribution >= 0.6 is 0 Å². The van der Waals surface area contributed by atoms with Crippen LogP contribution in [0.4, 0.5) is 8.78 Å². The summed E-state index contributed by atoms with van der Waals surface area (Å²) in [4.78, 5) is 4.20. The van der Waals surface area contributed by atoms with E-state index in [9.17, 15) is 8.78 Å². The molecular weight excluding hydrogens is 250 g/mol. The molecule has 1 unspecified atom stereocenters. The van der Waals surface area contributed by atoms with Crippen molar-refractivity contribution in [2.45, 2.75) is 18.9 Å². The molecule has 0 saturated carbocycles. The molecule has 0 aliphatic heterocycles. The van der Waals surface area contributed by atoms with Crippen LogP contribution in [0.25, 0.3) is 0 Å². The van der Waals surface area contributed by atoms with Crippen LogP contribution in [0, 0.1) is 11.6 Å². The van der Waals surface area contributed by atoms with Gasteiger partial charge in [0, 0.05) is 38.0 Å². The molecule has 1 heterocycles. The number of rotatable bonds is 5. The highest BCUT2D eigenvalue weighted by Crippen LogP contribution is 2.13. The lowest BCUT2D eigenvalue weighted by Crippen LogP contribution is -2.39. The number of hydrogen-bond donors (Lipinski definition) is 2. The Hall–Kier alpha value is -1.79. The fourth-order valence-electron chi connectivity index (χ4n) is 1.96. The molecular formula is C13H16F2N4. The highest BCUT2D eigenvalue weighted by molar-refractivity contribution is 5.20. The number of halogens is 2. The first-order chi connectivity index (χ1) is 9.10. The zero-order valence-corrected chi connectivity index (χ0v) is 10.6. The van der Waals surface area contributed by atoms with Crippen LogP contribution in [0.3, 0.4) is 0 Å². The molecule has 0 bridgehead atoms. The van der Waals surface area contributed by atoms with E-state index in [4.69, 9.17) is 5.84 Å². The third-order valence-corrected chi connectivity index (χ3v) is 3.07. The van der Waals surface area contributed by atoms with Crippen LogP contribution < -0.4 is 11.3 Å². The van der Waals surface area contributed by atoms with Gasteiger partial charge in [-0.05, 0) is 18.1 Å². The Morgan fingerprint density at radius 1 is 1.37 bits per heavy atom. The molecule has 0 spiro atoms. The summed E-state index contributed by atoms with van der Waals surface area (Å²) in [5, 5.41) is 0. The summed E-state index contributed by atoms with van der Waals surface area (Å²) in [5.41, 5.74) is 3.07. The van der Waals surface area contributed by atoms with Crippen LogP contribution in [0.2, 0.25) is 0 Å². The van der Waals surface area contributed by atoms with Crippen molar-refractivity contribution in [3.63, 3.8) is 0 Å². The van der Waals surface area contributed by atoms with Crippen LogP contribution in [0.15, 0.2) is 30.6 Å². The highest BCUT2D eigenvalue weighted by Gasteiger charge is 2.14. The Bertz CT molecular complexity index is 553. The van der Waals surface area contributed by atoms with E-state index in [1.165, 1.54) is 12.1 Å². The Balaban J connectivity index is 2.09. The molecule has 0 aliphatic carbocycles. The molecule has 2 rings (SSSR count). The van der Waals surface area contributed by atoms with Crippen LogP contribution in [0.1, 0.15) is 11.4 Å². The number of nitrogens with zero attached hydrogens (tertiary/aromatic N) is 2. The van der Waals surface area contributed by atoms with Crippen molar-refractivity contribution in [2.24, 2.45) is 12.9 Å². The zero-order valence-electron chi connectivity index (χ0n) is 10.6. The number of nitrogens with one attached hydrogen (secondary N) is 1. The highest BCUT2D eigenvalue weighted by atomic mass is 19.1. The third-order valence-electron chi connectivity index (χ3n) is 3.07. The fraction of sp³-hybridized carbons (Fsp3) is 0.308. The SMILES string of the molecule is Cn1ccnc1CC(Cc1ccc(F)cc1F)NN. The zero-order chi connectivity index (χ0) is 13.8. The van der Waals surface area contributed by atoms with Gasteiger partial charge in [-0.3, -0.25) is 11.3 Å².